The molecule has 0 bridgehead atoms. The fraction of sp³-hybridized carbons (Fsp3) is 0.300. The lowest BCUT2D eigenvalue weighted by atomic mass is 10.4. The number of furan rings is 1. The van der Waals surface area contributed by atoms with Gasteiger partial charge in [-0.1, -0.05) is 0 Å². The first kappa shape index (κ1) is 11.8. The first-order chi connectivity index (χ1) is 8.24. The highest BCUT2D eigenvalue weighted by Crippen LogP contribution is 2.27. The van der Waals surface area contributed by atoms with E-state index >= 15 is 0 Å². The standard InChI is InChI=1S/C10H11BrN4O2/c1-3-12-9-13-8(14-10(15-9)16-2)7-6(11)4-5-17-7/h4-5H,3H2,1-2H3,(H,12,13,14,15). The molecule has 1 N–H and O–H groups in total. The average molecular weight is 299 g/mol. The maximum Gasteiger partial charge on any atom is 0.321 e. The van der Waals surface area contributed by atoms with E-state index in [9.17, 15) is 0 Å². The van der Waals surface area contributed by atoms with Crippen LogP contribution in [0.4, 0.5) is 5.95 Å². The van der Waals surface area contributed by atoms with Crippen LogP contribution in [0.2, 0.25) is 0 Å². The van der Waals surface area contributed by atoms with Crippen molar-refractivity contribution >= 4 is 21.9 Å². The molecular formula is C10H11BrN4O2. The second-order valence-corrected chi connectivity index (χ2v) is 3.95. The van der Waals surface area contributed by atoms with Crippen molar-refractivity contribution in [2.75, 3.05) is 19.0 Å². The number of nitrogens with zero attached hydrogens (tertiary/aromatic N) is 3. The van der Waals surface area contributed by atoms with Crippen LogP contribution in [0, 0.1) is 0 Å². The molecule has 0 aliphatic rings. The van der Waals surface area contributed by atoms with Crippen molar-refractivity contribution in [1.82, 2.24) is 15.0 Å². The van der Waals surface area contributed by atoms with Gasteiger partial charge in [-0.15, -0.1) is 0 Å². The van der Waals surface area contributed by atoms with Crippen LogP contribution >= 0.6 is 15.9 Å². The van der Waals surface area contributed by atoms with E-state index in [1.807, 2.05) is 6.92 Å². The predicted octanol–water partition coefficient (Wildman–Crippen LogP) is 2.33. The third-order valence-corrected chi connectivity index (χ3v) is 2.58. The smallest absolute Gasteiger partial charge is 0.321 e. The number of rotatable bonds is 4. The van der Waals surface area contributed by atoms with Gasteiger partial charge >= 0.3 is 6.01 Å². The van der Waals surface area contributed by atoms with Crippen LogP contribution in [0.1, 0.15) is 6.92 Å². The highest BCUT2D eigenvalue weighted by Gasteiger charge is 2.13. The molecule has 0 spiro atoms. The number of hydrogen-bond donors (Lipinski definition) is 1. The Balaban J connectivity index is 2.46. The van der Waals surface area contributed by atoms with Gasteiger partial charge in [0.15, 0.2) is 5.76 Å². The Morgan fingerprint density at radius 1 is 1.41 bits per heavy atom. The monoisotopic (exact) mass is 298 g/mol. The van der Waals surface area contributed by atoms with Crippen molar-refractivity contribution in [3.05, 3.63) is 16.8 Å². The first-order valence-electron chi connectivity index (χ1n) is 5.02. The van der Waals surface area contributed by atoms with E-state index in [4.69, 9.17) is 9.15 Å². The van der Waals surface area contributed by atoms with Gasteiger partial charge in [0.1, 0.15) is 0 Å². The van der Waals surface area contributed by atoms with Crippen LogP contribution in [0.15, 0.2) is 21.2 Å². The summed E-state index contributed by atoms with van der Waals surface area (Å²) in [5.41, 5.74) is 0. The molecule has 7 heteroatoms. The number of anilines is 1. The molecule has 0 aliphatic heterocycles. The summed E-state index contributed by atoms with van der Waals surface area (Å²) in [5.74, 6) is 1.42. The molecule has 0 amide bonds. The fourth-order valence-corrected chi connectivity index (χ4v) is 1.62. The van der Waals surface area contributed by atoms with Crippen molar-refractivity contribution in [2.45, 2.75) is 6.92 Å². The van der Waals surface area contributed by atoms with Crippen LogP contribution < -0.4 is 10.1 Å². The van der Waals surface area contributed by atoms with Crippen molar-refractivity contribution in [3.8, 4) is 17.6 Å². The Labute approximate surface area is 107 Å². The quantitative estimate of drug-likeness (QED) is 0.934. The summed E-state index contributed by atoms with van der Waals surface area (Å²) >= 11 is 3.36. The average Bonchev–Trinajstić information content (AvgIpc) is 2.75. The molecule has 0 fully saturated rings. The van der Waals surface area contributed by atoms with Crippen LogP contribution in [-0.4, -0.2) is 28.6 Å². The van der Waals surface area contributed by atoms with E-state index in [0.717, 1.165) is 4.47 Å². The number of ether oxygens (including phenoxy) is 1. The molecule has 6 nitrogen and oxygen atoms in total. The van der Waals surface area contributed by atoms with Gasteiger partial charge in [-0.05, 0) is 28.9 Å². The number of methoxy groups -OCH3 is 1. The van der Waals surface area contributed by atoms with Crippen LogP contribution in [0.3, 0.4) is 0 Å². The van der Waals surface area contributed by atoms with E-state index in [2.05, 4.69) is 36.2 Å². The summed E-state index contributed by atoms with van der Waals surface area (Å²) in [6.07, 6.45) is 1.56. The molecule has 0 saturated heterocycles. The molecule has 2 aromatic rings. The molecule has 0 radical (unpaired) electrons. The van der Waals surface area contributed by atoms with Crippen LogP contribution in [0.5, 0.6) is 6.01 Å². The van der Waals surface area contributed by atoms with Gasteiger partial charge in [-0.2, -0.15) is 15.0 Å². The van der Waals surface area contributed by atoms with Crippen molar-refractivity contribution < 1.29 is 9.15 Å². The molecule has 2 heterocycles. The maximum atomic E-state index is 5.30. The minimum Gasteiger partial charge on any atom is -0.467 e. The van der Waals surface area contributed by atoms with Gasteiger partial charge in [0, 0.05) is 6.54 Å². The van der Waals surface area contributed by atoms with E-state index in [1.54, 1.807) is 12.3 Å². The van der Waals surface area contributed by atoms with Crippen molar-refractivity contribution in [2.24, 2.45) is 0 Å². The lowest BCUT2D eigenvalue weighted by Gasteiger charge is -2.05. The summed E-state index contributed by atoms with van der Waals surface area (Å²) in [7, 11) is 1.51. The zero-order chi connectivity index (χ0) is 12.3. The SMILES string of the molecule is CCNc1nc(OC)nc(-c2occc2Br)n1. The Bertz CT molecular complexity index is 515. The van der Waals surface area contributed by atoms with Gasteiger partial charge < -0.3 is 14.5 Å². The number of nitrogens with one attached hydrogen (secondary N) is 1. The number of aromatic nitrogens is 3. The second-order valence-electron chi connectivity index (χ2n) is 3.10. The fourth-order valence-electron chi connectivity index (χ4n) is 1.24. The molecule has 0 aromatic carbocycles. The highest BCUT2D eigenvalue weighted by atomic mass is 79.9. The predicted molar refractivity (Wildman–Crippen MR) is 65.9 cm³/mol. The lowest BCUT2D eigenvalue weighted by molar-refractivity contribution is 0.379. The summed E-state index contributed by atoms with van der Waals surface area (Å²) < 4.78 is 11.1. The Hall–Kier alpha value is -1.63. The molecule has 0 unspecified atom stereocenters. The second kappa shape index (κ2) is 5.13. The topological polar surface area (TPSA) is 73.1 Å². The molecule has 0 atom stereocenters. The minimum absolute atomic E-state index is 0.245. The summed E-state index contributed by atoms with van der Waals surface area (Å²) in [4.78, 5) is 12.4. The minimum atomic E-state index is 0.245. The Morgan fingerprint density at radius 3 is 2.82 bits per heavy atom. The zero-order valence-electron chi connectivity index (χ0n) is 9.40. The first-order valence-corrected chi connectivity index (χ1v) is 5.81. The summed E-state index contributed by atoms with van der Waals surface area (Å²) in [6, 6.07) is 2.02. The van der Waals surface area contributed by atoms with Gasteiger partial charge in [-0.25, -0.2) is 0 Å². The summed E-state index contributed by atoms with van der Waals surface area (Å²) in [6.45, 7) is 2.67. The molecule has 90 valence electrons. The highest BCUT2D eigenvalue weighted by molar-refractivity contribution is 9.10. The molecule has 2 rings (SSSR count). The van der Waals surface area contributed by atoms with Crippen LogP contribution in [-0.2, 0) is 0 Å². The molecule has 0 aliphatic carbocycles. The van der Waals surface area contributed by atoms with Gasteiger partial charge in [0.2, 0.25) is 11.8 Å². The molecular weight excluding hydrogens is 288 g/mol. The normalized spacial score (nSPS) is 10.3. The zero-order valence-corrected chi connectivity index (χ0v) is 11.0. The largest absolute Gasteiger partial charge is 0.467 e. The third kappa shape index (κ3) is 2.55. The Morgan fingerprint density at radius 2 is 2.24 bits per heavy atom. The lowest BCUT2D eigenvalue weighted by Crippen LogP contribution is -2.06. The summed E-state index contributed by atoms with van der Waals surface area (Å²) in [5, 5.41) is 3.00. The van der Waals surface area contributed by atoms with Crippen molar-refractivity contribution in [3.63, 3.8) is 0 Å². The molecule has 17 heavy (non-hydrogen) atoms. The van der Waals surface area contributed by atoms with Gasteiger partial charge in [-0.3, -0.25) is 0 Å². The number of halogens is 1. The van der Waals surface area contributed by atoms with E-state index in [1.165, 1.54) is 7.11 Å². The van der Waals surface area contributed by atoms with E-state index < -0.39 is 0 Å². The van der Waals surface area contributed by atoms with E-state index in [0.29, 0.717) is 24.1 Å². The van der Waals surface area contributed by atoms with E-state index in [-0.39, 0.29) is 6.01 Å². The van der Waals surface area contributed by atoms with Crippen LogP contribution in [0.25, 0.3) is 11.6 Å². The Kier molecular flexibility index (Phi) is 3.58. The van der Waals surface area contributed by atoms with Gasteiger partial charge in [0.25, 0.3) is 0 Å². The molecule has 0 saturated carbocycles. The van der Waals surface area contributed by atoms with Gasteiger partial charge in [0.05, 0.1) is 17.8 Å². The van der Waals surface area contributed by atoms with Crippen molar-refractivity contribution in [1.29, 1.82) is 0 Å². The third-order valence-electron chi connectivity index (χ3n) is 1.95. The number of hydrogen-bond acceptors (Lipinski definition) is 6. The molecule has 2 aromatic heterocycles. The maximum absolute atomic E-state index is 5.30.